The van der Waals surface area contributed by atoms with Gasteiger partial charge in [-0.3, -0.25) is 9.59 Å². The van der Waals surface area contributed by atoms with E-state index in [1.807, 2.05) is 30.3 Å². The predicted molar refractivity (Wildman–Crippen MR) is 72.3 cm³/mol. The van der Waals surface area contributed by atoms with Gasteiger partial charge in [0.2, 0.25) is 11.8 Å². The minimum Gasteiger partial charge on any atom is -0.354 e. The number of nitrogens with two attached hydrogens (primary N) is 1. The molecule has 5 nitrogen and oxygen atoms in total. The summed E-state index contributed by atoms with van der Waals surface area (Å²) in [7, 11) is 0. The molecule has 1 saturated heterocycles. The molecule has 1 fully saturated rings. The van der Waals surface area contributed by atoms with Crippen LogP contribution in [0.3, 0.4) is 0 Å². The Labute approximate surface area is 112 Å². The summed E-state index contributed by atoms with van der Waals surface area (Å²) in [5.41, 5.74) is 6.88. The molecule has 5 heteroatoms. The van der Waals surface area contributed by atoms with Gasteiger partial charge in [0.25, 0.3) is 0 Å². The standard InChI is InChI=1S/C14H19N3O2/c15-11(9-10-5-2-1-3-6-10)13(18)17-12-7-4-8-16-14(12)19/h1-3,5-6,11-12H,4,7-9,15H2,(H,16,19)(H,17,18). The fourth-order valence-corrected chi connectivity index (χ4v) is 2.15. The van der Waals surface area contributed by atoms with Gasteiger partial charge >= 0.3 is 0 Å². The first-order valence-corrected chi connectivity index (χ1v) is 6.54. The molecule has 1 aromatic carbocycles. The molecule has 0 aliphatic carbocycles. The Balaban J connectivity index is 1.87. The van der Waals surface area contributed by atoms with Crippen LogP contribution in [0.15, 0.2) is 30.3 Å². The van der Waals surface area contributed by atoms with Crippen LogP contribution < -0.4 is 16.4 Å². The molecule has 2 unspecified atom stereocenters. The van der Waals surface area contributed by atoms with Crippen LogP contribution in [-0.2, 0) is 16.0 Å². The highest BCUT2D eigenvalue weighted by atomic mass is 16.2. The van der Waals surface area contributed by atoms with Crippen LogP contribution in [0.4, 0.5) is 0 Å². The summed E-state index contributed by atoms with van der Waals surface area (Å²) in [6, 6.07) is 8.53. The number of benzene rings is 1. The summed E-state index contributed by atoms with van der Waals surface area (Å²) in [4.78, 5) is 23.5. The molecule has 2 rings (SSSR count). The van der Waals surface area contributed by atoms with E-state index in [2.05, 4.69) is 10.6 Å². The Morgan fingerprint density at radius 1 is 1.42 bits per heavy atom. The molecule has 0 spiro atoms. The lowest BCUT2D eigenvalue weighted by molar-refractivity contribution is -0.130. The number of carbonyl (C=O) groups is 2. The first kappa shape index (κ1) is 13.5. The number of hydrogen-bond acceptors (Lipinski definition) is 3. The van der Waals surface area contributed by atoms with E-state index in [1.54, 1.807) is 0 Å². The van der Waals surface area contributed by atoms with Crippen molar-refractivity contribution in [3.63, 3.8) is 0 Å². The fraction of sp³-hybridized carbons (Fsp3) is 0.429. The fourth-order valence-electron chi connectivity index (χ4n) is 2.15. The van der Waals surface area contributed by atoms with Crippen LogP contribution in [0.25, 0.3) is 0 Å². The highest BCUT2D eigenvalue weighted by molar-refractivity contribution is 5.90. The van der Waals surface area contributed by atoms with Crippen molar-refractivity contribution < 1.29 is 9.59 Å². The van der Waals surface area contributed by atoms with E-state index in [0.29, 0.717) is 19.4 Å². The zero-order valence-electron chi connectivity index (χ0n) is 10.8. The van der Waals surface area contributed by atoms with Crippen molar-refractivity contribution in [3.05, 3.63) is 35.9 Å². The Hall–Kier alpha value is -1.88. The highest BCUT2D eigenvalue weighted by Gasteiger charge is 2.25. The summed E-state index contributed by atoms with van der Waals surface area (Å²) in [6.45, 7) is 0.682. The second-order valence-corrected chi connectivity index (χ2v) is 4.79. The predicted octanol–water partition coefficient (Wildman–Crippen LogP) is -0.0488. The van der Waals surface area contributed by atoms with Crippen LogP contribution >= 0.6 is 0 Å². The molecule has 1 heterocycles. The minimum absolute atomic E-state index is 0.119. The lowest BCUT2D eigenvalue weighted by Gasteiger charge is -2.24. The molecular weight excluding hydrogens is 242 g/mol. The van der Waals surface area contributed by atoms with E-state index >= 15 is 0 Å². The number of rotatable bonds is 4. The van der Waals surface area contributed by atoms with Crippen molar-refractivity contribution in [1.82, 2.24) is 10.6 Å². The van der Waals surface area contributed by atoms with E-state index < -0.39 is 12.1 Å². The average molecular weight is 261 g/mol. The van der Waals surface area contributed by atoms with Gasteiger partial charge in [0.15, 0.2) is 0 Å². The number of amides is 2. The molecule has 102 valence electrons. The van der Waals surface area contributed by atoms with Crippen molar-refractivity contribution in [1.29, 1.82) is 0 Å². The van der Waals surface area contributed by atoms with Crippen LogP contribution in [0.5, 0.6) is 0 Å². The first-order valence-electron chi connectivity index (χ1n) is 6.54. The Morgan fingerprint density at radius 3 is 2.84 bits per heavy atom. The van der Waals surface area contributed by atoms with E-state index in [0.717, 1.165) is 12.0 Å². The van der Waals surface area contributed by atoms with Gasteiger partial charge in [0, 0.05) is 6.54 Å². The third-order valence-corrected chi connectivity index (χ3v) is 3.24. The minimum atomic E-state index is -0.628. The van der Waals surface area contributed by atoms with E-state index in [1.165, 1.54) is 0 Å². The van der Waals surface area contributed by atoms with Gasteiger partial charge < -0.3 is 16.4 Å². The summed E-state index contributed by atoms with van der Waals surface area (Å²) in [6.07, 6.45) is 2.03. The quantitative estimate of drug-likeness (QED) is 0.710. The molecule has 1 aliphatic heterocycles. The summed E-state index contributed by atoms with van der Waals surface area (Å²) < 4.78 is 0. The lowest BCUT2D eigenvalue weighted by Crippen LogP contribution is -2.54. The maximum atomic E-state index is 11.9. The number of piperidine rings is 1. The van der Waals surface area contributed by atoms with Crippen molar-refractivity contribution in [2.75, 3.05) is 6.54 Å². The number of nitrogens with one attached hydrogen (secondary N) is 2. The molecule has 0 radical (unpaired) electrons. The van der Waals surface area contributed by atoms with Gasteiger partial charge in [-0.05, 0) is 24.8 Å². The monoisotopic (exact) mass is 261 g/mol. The summed E-state index contributed by atoms with van der Waals surface area (Å²) in [5, 5.41) is 5.44. The molecule has 19 heavy (non-hydrogen) atoms. The molecule has 0 saturated carbocycles. The molecule has 2 amide bonds. The largest absolute Gasteiger partial charge is 0.354 e. The van der Waals surface area contributed by atoms with Crippen LogP contribution in [0, 0.1) is 0 Å². The molecule has 1 aliphatic rings. The highest BCUT2D eigenvalue weighted by Crippen LogP contribution is 2.05. The van der Waals surface area contributed by atoms with Crippen molar-refractivity contribution in [2.45, 2.75) is 31.3 Å². The second-order valence-electron chi connectivity index (χ2n) is 4.79. The zero-order chi connectivity index (χ0) is 13.7. The van der Waals surface area contributed by atoms with Gasteiger partial charge in [-0.2, -0.15) is 0 Å². The summed E-state index contributed by atoms with van der Waals surface area (Å²) in [5.74, 6) is -0.391. The van der Waals surface area contributed by atoms with Crippen LogP contribution in [-0.4, -0.2) is 30.4 Å². The maximum absolute atomic E-state index is 11.9. The molecule has 0 aromatic heterocycles. The Bertz CT molecular complexity index is 447. The van der Waals surface area contributed by atoms with Crippen molar-refractivity contribution in [3.8, 4) is 0 Å². The van der Waals surface area contributed by atoms with Gasteiger partial charge in [0.1, 0.15) is 6.04 Å². The smallest absolute Gasteiger partial charge is 0.242 e. The van der Waals surface area contributed by atoms with Crippen molar-refractivity contribution in [2.24, 2.45) is 5.73 Å². The SMILES string of the molecule is NC(Cc1ccccc1)C(=O)NC1CCCNC1=O. The second kappa shape index (κ2) is 6.33. The van der Waals surface area contributed by atoms with Gasteiger partial charge in [0.05, 0.1) is 6.04 Å². The van der Waals surface area contributed by atoms with Gasteiger partial charge in [-0.1, -0.05) is 30.3 Å². The van der Waals surface area contributed by atoms with Gasteiger partial charge in [-0.15, -0.1) is 0 Å². The third-order valence-electron chi connectivity index (χ3n) is 3.24. The third kappa shape index (κ3) is 3.79. The van der Waals surface area contributed by atoms with E-state index in [9.17, 15) is 9.59 Å². The normalized spacial score (nSPS) is 20.5. The number of hydrogen-bond donors (Lipinski definition) is 3. The maximum Gasteiger partial charge on any atom is 0.242 e. The molecular formula is C14H19N3O2. The van der Waals surface area contributed by atoms with Crippen molar-refractivity contribution >= 4 is 11.8 Å². The topological polar surface area (TPSA) is 84.2 Å². The Morgan fingerprint density at radius 2 is 2.16 bits per heavy atom. The molecule has 1 aromatic rings. The number of carbonyl (C=O) groups excluding carboxylic acids is 2. The van der Waals surface area contributed by atoms with E-state index in [-0.39, 0.29) is 11.8 Å². The molecule has 0 bridgehead atoms. The lowest BCUT2D eigenvalue weighted by atomic mass is 10.0. The summed E-state index contributed by atoms with van der Waals surface area (Å²) >= 11 is 0. The zero-order valence-corrected chi connectivity index (χ0v) is 10.8. The van der Waals surface area contributed by atoms with Gasteiger partial charge in [-0.25, -0.2) is 0 Å². The van der Waals surface area contributed by atoms with Crippen LogP contribution in [0.2, 0.25) is 0 Å². The first-order chi connectivity index (χ1) is 9.16. The molecule has 4 N–H and O–H groups in total. The van der Waals surface area contributed by atoms with Crippen LogP contribution in [0.1, 0.15) is 18.4 Å². The van der Waals surface area contributed by atoms with E-state index in [4.69, 9.17) is 5.73 Å². The Kier molecular flexibility index (Phi) is 4.52. The molecule has 2 atom stereocenters. The average Bonchev–Trinajstić information content (AvgIpc) is 2.42.